The van der Waals surface area contributed by atoms with Gasteiger partial charge < -0.3 is 4.57 Å². The highest BCUT2D eigenvalue weighted by atomic mass is 16.5. The third-order valence-corrected chi connectivity index (χ3v) is 7.74. The van der Waals surface area contributed by atoms with E-state index in [2.05, 4.69) is 9.88 Å². The number of amides is 1. The Morgan fingerprint density at radius 3 is 2.23 bits per heavy atom. The Morgan fingerprint density at radius 2 is 1.55 bits per heavy atom. The maximum Gasteiger partial charge on any atom is 0.299 e. The molecule has 2 aromatic rings. The van der Waals surface area contributed by atoms with Crippen LogP contribution in [0.25, 0.3) is 11.0 Å². The van der Waals surface area contributed by atoms with Crippen molar-refractivity contribution in [1.82, 2.24) is 19.9 Å². The van der Waals surface area contributed by atoms with Crippen molar-refractivity contribution in [2.24, 2.45) is 0 Å². The van der Waals surface area contributed by atoms with Crippen molar-refractivity contribution in [2.75, 3.05) is 0 Å². The number of aromatic nitrogens is 2. The number of benzene rings is 1. The Morgan fingerprint density at radius 1 is 0.903 bits per heavy atom. The minimum atomic E-state index is -0.848. The molecule has 1 saturated carbocycles. The van der Waals surface area contributed by atoms with Crippen molar-refractivity contribution in [3.63, 3.8) is 0 Å². The fourth-order valence-corrected chi connectivity index (χ4v) is 6.44. The van der Waals surface area contributed by atoms with Crippen molar-refractivity contribution in [3.05, 3.63) is 40.3 Å². The molecule has 3 heterocycles. The highest BCUT2D eigenvalue weighted by Gasteiger charge is 2.44. The van der Waals surface area contributed by atoms with Crippen LogP contribution >= 0.6 is 0 Å². The topological polar surface area (TPSA) is 87.5 Å². The number of fused-ring (bicyclic) bond motifs is 3. The van der Waals surface area contributed by atoms with Crippen LogP contribution in [0.5, 0.6) is 0 Å². The minimum Gasteiger partial charge on any atom is -0.302 e. The maximum atomic E-state index is 13.3. The second kappa shape index (κ2) is 8.71. The first-order valence-corrected chi connectivity index (χ1v) is 11.9. The lowest BCUT2D eigenvalue weighted by Gasteiger charge is -2.45. The van der Waals surface area contributed by atoms with Gasteiger partial charge in [0.2, 0.25) is 0 Å². The van der Waals surface area contributed by atoms with Gasteiger partial charge in [-0.3, -0.25) is 19.7 Å². The minimum absolute atomic E-state index is 0.0490. The second-order valence-corrected chi connectivity index (χ2v) is 9.52. The first-order chi connectivity index (χ1) is 15.2. The number of rotatable bonds is 3. The third-order valence-electron chi connectivity index (χ3n) is 7.74. The van der Waals surface area contributed by atoms with E-state index in [9.17, 15) is 9.59 Å². The molecule has 2 saturated heterocycles. The normalized spacial score (nSPS) is 27.7. The number of nitrogens with zero attached hydrogens (tertiary/aromatic N) is 3. The number of piperidine rings is 1. The van der Waals surface area contributed by atoms with E-state index in [0.29, 0.717) is 23.6 Å². The average Bonchev–Trinajstić information content (AvgIpc) is 3.01. The summed E-state index contributed by atoms with van der Waals surface area (Å²) in [6, 6.07) is 9.22. The van der Waals surface area contributed by atoms with Crippen molar-refractivity contribution < 1.29 is 10.0 Å². The summed E-state index contributed by atoms with van der Waals surface area (Å²) in [6.07, 6.45) is 13.6. The van der Waals surface area contributed by atoms with Crippen molar-refractivity contribution in [1.29, 1.82) is 0 Å². The van der Waals surface area contributed by atoms with E-state index in [4.69, 9.17) is 5.21 Å². The van der Waals surface area contributed by atoms with E-state index < -0.39 is 11.5 Å². The zero-order chi connectivity index (χ0) is 21.4. The van der Waals surface area contributed by atoms with Gasteiger partial charge in [-0.05, 0) is 50.7 Å². The number of nitrogens with one attached hydrogen (secondary N) is 1. The van der Waals surface area contributed by atoms with Crippen LogP contribution in [-0.2, 0) is 0 Å². The van der Waals surface area contributed by atoms with Crippen molar-refractivity contribution in [2.45, 2.75) is 94.8 Å². The molecule has 0 radical (unpaired) electrons. The fraction of sp³-hybridized carbons (Fsp3) is 0.625. The van der Waals surface area contributed by atoms with Crippen molar-refractivity contribution >= 4 is 16.9 Å². The molecular formula is C24H32N4O3. The van der Waals surface area contributed by atoms with Crippen LogP contribution in [0.15, 0.2) is 29.1 Å². The Bertz CT molecular complexity index is 998. The van der Waals surface area contributed by atoms with Crippen LogP contribution in [0.3, 0.4) is 0 Å². The molecule has 3 aliphatic rings. The molecule has 166 valence electrons. The molecule has 1 amide bonds. The van der Waals surface area contributed by atoms with Gasteiger partial charge in [-0.25, -0.2) is 10.5 Å². The number of carbonyl (C=O) groups is 1. The third kappa shape index (κ3) is 3.78. The molecule has 3 atom stereocenters. The van der Waals surface area contributed by atoms with E-state index in [1.807, 2.05) is 24.3 Å². The van der Waals surface area contributed by atoms with Gasteiger partial charge in [-0.15, -0.1) is 0 Å². The van der Waals surface area contributed by atoms with Crippen LogP contribution in [0.2, 0.25) is 0 Å². The van der Waals surface area contributed by atoms with Gasteiger partial charge in [-0.2, -0.15) is 0 Å². The smallest absolute Gasteiger partial charge is 0.299 e. The van der Waals surface area contributed by atoms with E-state index in [1.165, 1.54) is 57.8 Å². The second-order valence-electron chi connectivity index (χ2n) is 9.52. The molecule has 7 nitrogen and oxygen atoms in total. The summed E-state index contributed by atoms with van der Waals surface area (Å²) in [5.74, 6) is -0.848. The number of para-hydroxylation sites is 2. The standard InChI is InChI=1S/C24H32N4O3/c29-23(26-31)22-24(30)28(21-11-7-6-10-20(21)25-22)19-14-17-12-13-18(15-19)27(17)16-8-4-2-1-3-5-9-16/h6-7,10-11,16-19,31H,1-5,8-9,12-15H2,(H,26,29)/t17-,18+,19?. The van der Waals surface area contributed by atoms with Crippen molar-refractivity contribution in [3.8, 4) is 0 Å². The average molecular weight is 425 g/mol. The van der Waals surface area contributed by atoms with Gasteiger partial charge in [0.05, 0.1) is 11.0 Å². The predicted octanol–water partition coefficient (Wildman–Crippen LogP) is 3.80. The van der Waals surface area contributed by atoms with Crippen LogP contribution in [-0.4, -0.2) is 43.7 Å². The fourth-order valence-electron chi connectivity index (χ4n) is 6.44. The Kier molecular flexibility index (Phi) is 5.80. The zero-order valence-corrected chi connectivity index (χ0v) is 18.0. The lowest BCUT2D eigenvalue weighted by molar-refractivity contribution is 0.0495. The lowest BCUT2D eigenvalue weighted by atomic mass is 9.89. The molecule has 2 bridgehead atoms. The van der Waals surface area contributed by atoms with Gasteiger partial charge in [0, 0.05) is 24.2 Å². The largest absolute Gasteiger partial charge is 0.302 e. The number of hydrogen-bond acceptors (Lipinski definition) is 5. The zero-order valence-electron chi connectivity index (χ0n) is 18.0. The SMILES string of the molecule is O=C(NO)c1nc2ccccc2n(C2C[C@H]3CC[C@@H](C2)N3C2CCCCCCC2)c1=O. The number of hydroxylamine groups is 1. The van der Waals surface area contributed by atoms with E-state index in [-0.39, 0.29) is 11.7 Å². The van der Waals surface area contributed by atoms with Gasteiger partial charge >= 0.3 is 0 Å². The summed E-state index contributed by atoms with van der Waals surface area (Å²) in [7, 11) is 0. The molecule has 1 aliphatic carbocycles. The molecule has 1 unspecified atom stereocenters. The first kappa shape index (κ1) is 20.6. The Labute approximate surface area is 182 Å². The van der Waals surface area contributed by atoms with Gasteiger partial charge in [0.25, 0.3) is 11.5 Å². The van der Waals surface area contributed by atoms with Crippen LogP contribution in [0.4, 0.5) is 0 Å². The first-order valence-electron chi connectivity index (χ1n) is 11.9. The highest BCUT2D eigenvalue weighted by Crippen LogP contribution is 2.44. The molecular weight excluding hydrogens is 392 g/mol. The maximum absolute atomic E-state index is 13.3. The Balaban J connectivity index is 1.48. The number of carbonyl (C=O) groups excluding carboxylic acids is 1. The van der Waals surface area contributed by atoms with E-state index >= 15 is 0 Å². The van der Waals surface area contributed by atoms with E-state index in [0.717, 1.165) is 18.4 Å². The molecule has 5 rings (SSSR count). The van der Waals surface area contributed by atoms with Gasteiger partial charge in [0.1, 0.15) is 0 Å². The number of hydrogen-bond donors (Lipinski definition) is 2. The predicted molar refractivity (Wildman–Crippen MR) is 118 cm³/mol. The van der Waals surface area contributed by atoms with Crippen LogP contribution in [0.1, 0.15) is 87.2 Å². The molecule has 0 spiro atoms. The highest BCUT2D eigenvalue weighted by molar-refractivity contribution is 5.93. The lowest BCUT2D eigenvalue weighted by Crippen LogP contribution is -2.50. The monoisotopic (exact) mass is 424 g/mol. The van der Waals surface area contributed by atoms with Gasteiger partial charge in [-0.1, -0.05) is 44.2 Å². The summed E-state index contributed by atoms with van der Waals surface area (Å²) < 4.78 is 1.79. The molecule has 3 fully saturated rings. The van der Waals surface area contributed by atoms with Gasteiger partial charge in [0.15, 0.2) is 5.69 Å². The summed E-state index contributed by atoms with van der Waals surface area (Å²) in [5.41, 5.74) is 2.31. The van der Waals surface area contributed by atoms with Crippen LogP contribution < -0.4 is 11.0 Å². The quantitative estimate of drug-likeness (QED) is 0.578. The summed E-state index contributed by atoms with van der Waals surface area (Å²) in [5, 5.41) is 9.11. The summed E-state index contributed by atoms with van der Waals surface area (Å²) >= 11 is 0. The van der Waals surface area contributed by atoms with E-state index in [1.54, 1.807) is 10.0 Å². The molecule has 2 aliphatic heterocycles. The summed E-state index contributed by atoms with van der Waals surface area (Å²) in [4.78, 5) is 32.5. The molecule has 2 N–H and O–H groups in total. The molecule has 1 aromatic heterocycles. The molecule has 1 aromatic carbocycles. The molecule has 31 heavy (non-hydrogen) atoms. The van der Waals surface area contributed by atoms with Crippen LogP contribution in [0, 0.1) is 0 Å². The Hall–Kier alpha value is -2.25. The summed E-state index contributed by atoms with van der Waals surface area (Å²) in [6.45, 7) is 0. The molecule has 7 heteroatoms.